The third-order valence-corrected chi connectivity index (χ3v) is 5.22. The maximum Gasteiger partial charge on any atom is 0.196 e. The van der Waals surface area contributed by atoms with Gasteiger partial charge >= 0.3 is 0 Å². The second-order valence-corrected chi connectivity index (χ2v) is 7.31. The van der Waals surface area contributed by atoms with E-state index in [-0.39, 0.29) is 11.0 Å². The number of hydrogen-bond donors (Lipinski definition) is 0. The van der Waals surface area contributed by atoms with Crippen molar-refractivity contribution < 1.29 is 9.53 Å². The van der Waals surface area contributed by atoms with Crippen LogP contribution in [0.25, 0.3) is 5.69 Å². The highest BCUT2D eigenvalue weighted by atomic mass is 32.2. The van der Waals surface area contributed by atoms with Crippen LogP contribution in [0.15, 0.2) is 53.7 Å². The topological polar surface area (TPSA) is 57.0 Å². The number of Topliss-reactive ketones (excluding diaryl/α,β-unsaturated/α-hetero) is 1. The van der Waals surface area contributed by atoms with Crippen molar-refractivity contribution >= 4 is 17.5 Å². The minimum atomic E-state index is -0.283. The van der Waals surface area contributed by atoms with E-state index in [9.17, 15) is 4.79 Å². The maximum absolute atomic E-state index is 12.8. The van der Waals surface area contributed by atoms with Crippen molar-refractivity contribution in [2.75, 3.05) is 7.11 Å². The summed E-state index contributed by atoms with van der Waals surface area (Å²) in [7, 11) is 1.61. The van der Waals surface area contributed by atoms with Gasteiger partial charge in [0.25, 0.3) is 0 Å². The third-order valence-electron chi connectivity index (χ3n) is 4.18. The summed E-state index contributed by atoms with van der Waals surface area (Å²) < 4.78 is 7.14. The Kier molecular flexibility index (Phi) is 5.42. The van der Waals surface area contributed by atoms with Crippen molar-refractivity contribution in [1.82, 2.24) is 14.8 Å². The fraction of sp³-hybridized carbons (Fsp3) is 0.250. The van der Waals surface area contributed by atoms with E-state index in [0.717, 1.165) is 22.8 Å². The fourth-order valence-electron chi connectivity index (χ4n) is 2.71. The Morgan fingerprint density at radius 2 is 1.77 bits per heavy atom. The molecule has 0 saturated carbocycles. The first-order chi connectivity index (χ1) is 12.5. The van der Waals surface area contributed by atoms with Crippen LogP contribution in [0.4, 0.5) is 0 Å². The highest BCUT2D eigenvalue weighted by molar-refractivity contribution is 8.00. The van der Waals surface area contributed by atoms with Crippen LogP contribution in [0.2, 0.25) is 0 Å². The first-order valence-electron chi connectivity index (χ1n) is 8.34. The van der Waals surface area contributed by atoms with Crippen molar-refractivity contribution in [3.8, 4) is 11.4 Å². The molecular formula is C20H21N3O2S. The van der Waals surface area contributed by atoms with Crippen LogP contribution in [-0.4, -0.2) is 32.9 Å². The van der Waals surface area contributed by atoms with Gasteiger partial charge in [-0.2, -0.15) is 0 Å². The number of methoxy groups -OCH3 is 1. The van der Waals surface area contributed by atoms with Crippen LogP contribution in [0.5, 0.6) is 5.75 Å². The quantitative estimate of drug-likeness (QED) is 0.481. The number of ether oxygens (including phenoxy) is 1. The largest absolute Gasteiger partial charge is 0.497 e. The third kappa shape index (κ3) is 3.65. The Balaban J connectivity index is 1.85. The molecule has 1 aromatic heterocycles. The van der Waals surface area contributed by atoms with Crippen molar-refractivity contribution in [2.45, 2.75) is 31.2 Å². The SMILES string of the molecule is COc1ccc(C(=O)C(C)Sc2nnc(C)n2-c2ccccc2C)cc1. The summed E-state index contributed by atoms with van der Waals surface area (Å²) in [5.41, 5.74) is 2.82. The van der Waals surface area contributed by atoms with Gasteiger partial charge in [0.05, 0.1) is 18.0 Å². The van der Waals surface area contributed by atoms with E-state index in [0.29, 0.717) is 10.7 Å². The van der Waals surface area contributed by atoms with Crippen LogP contribution in [-0.2, 0) is 0 Å². The van der Waals surface area contributed by atoms with Crippen LogP contribution >= 0.6 is 11.8 Å². The van der Waals surface area contributed by atoms with Crippen molar-refractivity contribution in [3.05, 3.63) is 65.5 Å². The van der Waals surface area contributed by atoms with Gasteiger partial charge in [0.2, 0.25) is 0 Å². The number of carbonyl (C=O) groups is 1. The molecule has 0 amide bonds. The lowest BCUT2D eigenvalue weighted by Gasteiger charge is -2.14. The molecule has 0 spiro atoms. The van der Waals surface area contributed by atoms with Crippen molar-refractivity contribution in [3.63, 3.8) is 0 Å². The molecule has 0 aliphatic rings. The van der Waals surface area contributed by atoms with Gasteiger partial charge in [-0.1, -0.05) is 30.0 Å². The lowest BCUT2D eigenvalue weighted by Crippen LogP contribution is -2.14. The van der Waals surface area contributed by atoms with E-state index in [4.69, 9.17) is 4.74 Å². The standard InChI is InChI=1S/C20H21N3O2S/c1-13-7-5-6-8-18(13)23-15(3)21-22-20(23)26-14(2)19(24)16-9-11-17(25-4)12-10-16/h5-12,14H,1-4H3. The lowest BCUT2D eigenvalue weighted by atomic mass is 10.1. The smallest absolute Gasteiger partial charge is 0.196 e. The zero-order valence-corrected chi connectivity index (χ0v) is 16.1. The average molecular weight is 367 g/mol. The first kappa shape index (κ1) is 18.2. The number of rotatable bonds is 6. The normalized spacial score (nSPS) is 12.0. The zero-order valence-electron chi connectivity index (χ0n) is 15.3. The highest BCUT2D eigenvalue weighted by Crippen LogP contribution is 2.28. The Morgan fingerprint density at radius 3 is 2.42 bits per heavy atom. The van der Waals surface area contributed by atoms with Gasteiger partial charge in [-0.25, -0.2) is 0 Å². The average Bonchev–Trinajstić information content (AvgIpc) is 3.01. The first-order valence-corrected chi connectivity index (χ1v) is 9.22. The minimum absolute atomic E-state index is 0.0506. The van der Waals surface area contributed by atoms with Gasteiger partial charge in [-0.05, 0) is 56.7 Å². The number of aromatic nitrogens is 3. The van der Waals surface area contributed by atoms with E-state index >= 15 is 0 Å². The molecule has 5 nitrogen and oxygen atoms in total. The molecule has 0 saturated heterocycles. The van der Waals surface area contributed by atoms with Gasteiger partial charge in [-0.15, -0.1) is 10.2 Å². The molecule has 0 bridgehead atoms. The summed E-state index contributed by atoms with van der Waals surface area (Å²) >= 11 is 1.42. The summed E-state index contributed by atoms with van der Waals surface area (Å²) in [6.07, 6.45) is 0. The Hall–Kier alpha value is -2.60. The zero-order chi connectivity index (χ0) is 18.7. The number of carbonyl (C=O) groups excluding carboxylic acids is 1. The van der Waals surface area contributed by atoms with Gasteiger partial charge in [0, 0.05) is 5.56 Å². The van der Waals surface area contributed by atoms with Gasteiger partial charge in [0.15, 0.2) is 10.9 Å². The summed E-state index contributed by atoms with van der Waals surface area (Å²) in [5, 5.41) is 8.92. The summed E-state index contributed by atoms with van der Waals surface area (Å²) in [5.74, 6) is 1.58. The van der Waals surface area contributed by atoms with Gasteiger partial charge in [-0.3, -0.25) is 9.36 Å². The highest BCUT2D eigenvalue weighted by Gasteiger charge is 2.21. The summed E-state index contributed by atoms with van der Waals surface area (Å²) in [6.45, 7) is 5.86. The molecule has 3 aromatic rings. The van der Waals surface area contributed by atoms with E-state index in [1.165, 1.54) is 11.8 Å². The molecule has 1 atom stereocenters. The Bertz CT molecular complexity index is 919. The van der Waals surface area contributed by atoms with Crippen LogP contribution < -0.4 is 4.74 Å². The maximum atomic E-state index is 12.8. The Morgan fingerprint density at radius 1 is 1.08 bits per heavy atom. The molecule has 3 rings (SSSR count). The number of ketones is 1. The fourth-order valence-corrected chi connectivity index (χ4v) is 3.70. The lowest BCUT2D eigenvalue weighted by molar-refractivity contribution is 0.0994. The number of thioether (sulfide) groups is 1. The predicted octanol–water partition coefficient (Wildman–Crippen LogP) is 4.26. The molecule has 0 fully saturated rings. The second-order valence-electron chi connectivity index (χ2n) is 6.00. The van der Waals surface area contributed by atoms with E-state index < -0.39 is 0 Å². The van der Waals surface area contributed by atoms with Gasteiger partial charge < -0.3 is 4.74 Å². The number of nitrogens with zero attached hydrogens (tertiary/aromatic N) is 3. The molecule has 0 aliphatic heterocycles. The summed E-state index contributed by atoms with van der Waals surface area (Å²) in [6, 6.07) is 15.2. The number of benzene rings is 2. The van der Waals surface area contributed by atoms with E-state index in [2.05, 4.69) is 23.2 Å². The monoisotopic (exact) mass is 367 g/mol. The molecule has 0 N–H and O–H groups in total. The number of hydrogen-bond acceptors (Lipinski definition) is 5. The predicted molar refractivity (Wildman–Crippen MR) is 103 cm³/mol. The van der Waals surface area contributed by atoms with E-state index in [1.807, 2.05) is 36.6 Å². The molecule has 2 aromatic carbocycles. The van der Waals surface area contributed by atoms with Crippen molar-refractivity contribution in [1.29, 1.82) is 0 Å². The molecule has 0 radical (unpaired) electrons. The van der Waals surface area contributed by atoms with Crippen LogP contribution in [0, 0.1) is 13.8 Å². The molecule has 6 heteroatoms. The molecule has 26 heavy (non-hydrogen) atoms. The minimum Gasteiger partial charge on any atom is -0.497 e. The Labute approximate surface area is 157 Å². The number of aryl methyl sites for hydroxylation is 2. The molecule has 1 unspecified atom stereocenters. The molecule has 0 aliphatic carbocycles. The van der Waals surface area contributed by atoms with Crippen LogP contribution in [0.1, 0.15) is 28.7 Å². The molecule has 1 heterocycles. The second kappa shape index (κ2) is 7.74. The number of para-hydroxylation sites is 1. The van der Waals surface area contributed by atoms with Crippen LogP contribution in [0.3, 0.4) is 0 Å². The van der Waals surface area contributed by atoms with E-state index in [1.54, 1.807) is 31.4 Å². The molecule has 134 valence electrons. The van der Waals surface area contributed by atoms with Crippen molar-refractivity contribution in [2.24, 2.45) is 0 Å². The summed E-state index contributed by atoms with van der Waals surface area (Å²) in [4.78, 5) is 12.8. The van der Waals surface area contributed by atoms with Gasteiger partial charge in [0.1, 0.15) is 11.6 Å². The molecular weight excluding hydrogens is 346 g/mol.